The van der Waals surface area contributed by atoms with E-state index in [2.05, 4.69) is 15.3 Å². The van der Waals surface area contributed by atoms with Crippen LogP contribution < -0.4 is 16.0 Å². The molecule has 0 radical (unpaired) electrons. The fraction of sp³-hybridized carbons (Fsp3) is 0.167. The van der Waals surface area contributed by atoms with Crippen LogP contribution in [0.15, 0.2) is 36.5 Å². The SMILES string of the molecule is CN(C)c1ccccc1Nc1ccnc(N)n1. The first-order valence-corrected chi connectivity index (χ1v) is 5.29. The highest BCUT2D eigenvalue weighted by atomic mass is 15.1. The molecule has 3 N–H and O–H groups in total. The van der Waals surface area contributed by atoms with Gasteiger partial charge in [-0.1, -0.05) is 12.1 Å². The normalized spacial score (nSPS) is 10.0. The van der Waals surface area contributed by atoms with Crippen molar-refractivity contribution < 1.29 is 0 Å². The van der Waals surface area contributed by atoms with Gasteiger partial charge < -0.3 is 16.0 Å². The lowest BCUT2D eigenvalue weighted by molar-refractivity contribution is 1.13. The molecular weight excluding hydrogens is 214 g/mol. The Kier molecular flexibility index (Phi) is 3.09. The summed E-state index contributed by atoms with van der Waals surface area (Å²) in [6.07, 6.45) is 1.63. The first kappa shape index (κ1) is 11.2. The van der Waals surface area contributed by atoms with Gasteiger partial charge in [0.2, 0.25) is 5.95 Å². The predicted molar refractivity (Wildman–Crippen MR) is 70.5 cm³/mol. The van der Waals surface area contributed by atoms with Crippen molar-refractivity contribution in [2.24, 2.45) is 0 Å². The second kappa shape index (κ2) is 4.69. The molecule has 1 aromatic heterocycles. The van der Waals surface area contributed by atoms with Gasteiger partial charge in [0, 0.05) is 20.3 Å². The Bertz CT molecular complexity index is 510. The summed E-state index contributed by atoms with van der Waals surface area (Å²) in [6.45, 7) is 0. The van der Waals surface area contributed by atoms with E-state index in [1.54, 1.807) is 12.3 Å². The van der Waals surface area contributed by atoms with Crippen LogP contribution in [0.25, 0.3) is 0 Å². The first-order valence-electron chi connectivity index (χ1n) is 5.29. The van der Waals surface area contributed by atoms with Crippen molar-refractivity contribution in [2.75, 3.05) is 30.0 Å². The fourth-order valence-corrected chi connectivity index (χ4v) is 1.55. The molecule has 0 unspecified atom stereocenters. The van der Waals surface area contributed by atoms with E-state index in [1.165, 1.54) is 0 Å². The summed E-state index contributed by atoms with van der Waals surface area (Å²) in [5.41, 5.74) is 7.61. The van der Waals surface area contributed by atoms with Crippen molar-refractivity contribution >= 4 is 23.1 Å². The van der Waals surface area contributed by atoms with E-state index in [0.717, 1.165) is 11.4 Å². The number of nitrogens with two attached hydrogens (primary N) is 1. The summed E-state index contributed by atoms with van der Waals surface area (Å²) in [7, 11) is 3.99. The maximum atomic E-state index is 5.54. The number of nitrogens with one attached hydrogen (secondary N) is 1. The predicted octanol–water partition coefficient (Wildman–Crippen LogP) is 1.87. The number of rotatable bonds is 3. The zero-order chi connectivity index (χ0) is 12.3. The van der Waals surface area contributed by atoms with Crippen LogP contribution in [0.1, 0.15) is 0 Å². The highest BCUT2D eigenvalue weighted by Crippen LogP contribution is 2.26. The quantitative estimate of drug-likeness (QED) is 0.841. The average Bonchev–Trinajstić information content (AvgIpc) is 2.29. The van der Waals surface area contributed by atoms with Crippen LogP contribution >= 0.6 is 0 Å². The number of hydrogen-bond donors (Lipinski definition) is 2. The van der Waals surface area contributed by atoms with Gasteiger partial charge in [-0.2, -0.15) is 4.98 Å². The van der Waals surface area contributed by atoms with E-state index in [-0.39, 0.29) is 5.95 Å². The minimum atomic E-state index is 0.261. The molecular formula is C12H15N5. The molecule has 17 heavy (non-hydrogen) atoms. The zero-order valence-corrected chi connectivity index (χ0v) is 9.88. The van der Waals surface area contributed by atoms with Crippen LogP contribution in [0.5, 0.6) is 0 Å². The van der Waals surface area contributed by atoms with Crippen molar-refractivity contribution in [1.29, 1.82) is 0 Å². The summed E-state index contributed by atoms with van der Waals surface area (Å²) in [4.78, 5) is 10.00. The lowest BCUT2D eigenvalue weighted by atomic mass is 10.2. The Morgan fingerprint density at radius 3 is 2.65 bits per heavy atom. The van der Waals surface area contributed by atoms with E-state index in [4.69, 9.17) is 5.73 Å². The summed E-state index contributed by atoms with van der Waals surface area (Å²) >= 11 is 0. The van der Waals surface area contributed by atoms with Crippen LogP contribution in [0.4, 0.5) is 23.1 Å². The summed E-state index contributed by atoms with van der Waals surface area (Å²) in [5, 5.41) is 3.22. The van der Waals surface area contributed by atoms with Gasteiger partial charge in [0.1, 0.15) is 5.82 Å². The van der Waals surface area contributed by atoms with Gasteiger partial charge >= 0.3 is 0 Å². The van der Waals surface area contributed by atoms with E-state index in [9.17, 15) is 0 Å². The minimum Gasteiger partial charge on any atom is -0.376 e. The number of benzene rings is 1. The summed E-state index contributed by atoms with van der Waals surface area (Å²) < 4.78 is 0. The van der Waals surface area contributed by atoms with Gasteiger partial charge in [0.25, 0.3) is 0 Å². The van der Waals surface area contributed by atoms with Crippen LogP contribution in [-0.4, -0.2) is 24.1 Å². The smallest absolute Gasteiger partial charge is 0.221 e. The molecule has 0 amide bonds. The second-order valence-corrected chi connectivity index (χ2v) is 3.84. The van der Waals surface area contributed by atoms with E-state index >= 15 is 0 Å². The molecule has 1 aromatic carbocycles. The monoisotopic (exact) mass is 229 g/mol. The van der Waals surface area contributed by atoms with Gasteiger partial charge in [-0.3, -0.25) is 0 Å². The largest absolute Gasteiger partial charge is 0.376 e. The molecule has 5 heteroatoms. The Hall–Kier alpha value is -2.30. The number of aromatic nitrogens is 2. The zero-order valence-electron chi connectivity index (χ0n) is 9.88. The molecule has 0 aliphatic heterocycles. The van der Waals surface area contributed by atoms with Gasteiger partial charge in [-0.05, 0) is 18.2 Å². The highest BCUT2D eigenvalue weighted by molar-refractivity contribution is 5.73. The number of para-hydroxylation sites is 2. The average molecular weight is 229 g/mol. The highest BCUT2D eigenvalue weighted by Gasteiger charge is 2.04. The van der Waals surface area contributed by atoms with Gasteiger partial charge in [-0.25, -0.2) is 4.98 Å². The van der Waals surface area contributed by atoms with Crippen molar-refractivity contribution in [3.63, 3.8) is 0 Å². The molecule has 88 valence electrons. The van der Waals surface area contributed by atoms with Crippen LogP contribution in [-0.2, 0) is 0 Å². The molecule has 0 saturated heterocycles. The number of anilines is 4. The van der Waals surface area contributed by atoms with Crippen molar-refractivity contribution in [1.82, 2.24) is 9.97 Å². The molecule has 2 rings (SSSR count). The standard InChI is InChI=1S/C12H15N5/c1-17(2)10-6-4-3-5-9(10)15-11-7-8-14-12(13)16-11/h3-8H,1-2H3,(H3,13,14,15,16). The maximum absolute atomic E-state index is 5.54. The molecule has 0 saturated carbocycles. The second-order valence-electron chi connectivity index (χ2n) is 3.84. The van der Waals surface area contributed by atoms with Crippen LogP contribution in [0.3, 0.4) is 0 Å². The summed E-state index contributed by atoms with van der Waals surface area (Å²) in [6, 6.07) is 9.78. The molecule has 0 fully saturated rings. The lowest BCUT2D eigenvalue weighted by Crippen LogP contribution is -2.11. The van der Waals surface area contributed by atoms with Gasteiger partial charge in [0.05, 0.1) is 11.4 Å². The third kappa shape index (κ3) is 2.63. The molecule has 1 heterocycles. The summed E-state index contributed by atoms with van der Waals surface area (Å²) in [5.74, 6) is 0.948. The Morgan fingerprint density at radius 2 is 1.94 bits per heavy atom. The molecule has 0 bridgehead atoms. The Labute approximate surface area is 100 Å². The molecule has 5 nitrogen and oxygen atoms in total. The topological polar surface area (TPSA) is 67.1 Å². The minimum absolute atomic E-state index is 0.261. The molecule has 0 aliphatic carbocycles. The molecule has 0 atom stereocenters. The van der Waals surface area contributed by atoms with Crippen molar-refractivity contribution in [3.05, 3.63) is 36.5 Å². The van der Waals surface area contributed by atoms with Gasteiger partial charge in [0.15, 0.2) is 0 Å². The van der Waals surface area contributed by atoms with Crippen molar-refractivity contribution in [2.45, 2.75) is 0 Å². The van der Waals surface area contributed by atoms with Crippen molar-refractivity contribution in [3.8, 4) is 0 Å². The van der Waals surface area contributed by atoms with Crippen LogP contribution in [0.2, 0.25) is 0 Å². The van der Waals surface area contributed by atoms with E-state index in [0.29, 0.717) is 5.82 Å². The van der Waals surface area contributed by atoms with Gasteiger partial charge in [-0.15, -0.1) is 0 Å². The maximum Gasteiger partial charge on any atom is 0.221 e. The molecule has 0 aliphatic rings. The van der Waals surface area contributed by atoms with Crippen LogP contribution in [0, 0.1) is 0 Å². The molecule has 0 spiro atoms. The Balaban J connectivity index is 2.30. The van der Waals surface area contributed by atoms with E-state index < -0.39 is 0 Å². The number of nitrogens with zero attached hydrogens (tertiary/aromatic N) is 3. The third-order valence-electron chi connectivity index (χ3n) is 2.32. The number of nitrogen functional groups attached to an aromatic ring is 1. The first-order chi connectivity index (χ1) is 8.16. The fourth-order valence-electron chi connectivity index (χ4n) is 1.55. The molecule has 2 aromatic rings. The van der Waals surface area contributed by atoms with E-state index in [1.807, 2.05) is 43.3 Å². The third-order valence-corrected chi connectivity index (χ3v) is 2.32. The number of hydrogen-bond acceptors (Lipinski definition) is 5. The lowest BCUT2D eigenvalue weighted by Gasteiger charge is -2.17. The Morgan fingerprint density at radius 1 is 1.18 bits per heavy atom.